The van der Waals surface area contributed by atoms with E-state index in [-0.39, 0.29) is 6.04 Å². The Balaban J connectivity index is 1.35. The van der Waals surface area contributed by atoms with E-state index in [4.69, 9.17) is 4.98 Å². The first-order valence-corrected chi connectivity index (χ1v) is 9.49. The van der Waals surface area contributed by atoms with Crippen LogP contribution in [0.5, 0.6) is 0 Å². The van der Waals surface area contributed by atoms with E-state index in [1.54, 1.807) is 6.20 Å². The van der Waals surface area contributed by atoms with Crippen molar-refractivity contribution in [3.63, 3.8) is 0 Å². The molecule has 0 radical (unpaired) electrons. The van der Waals surface area contributed by atoms with Crippen LogP contribution < -0.4 is 10.2 Å². The fraction of sp³-hybridized carbons (Fsp3) is 0.300. The van der Waals surface area contributed by atoms with E-state index < -0.39 is 0 Å². The normalized spacial score (nSPS) is 14.9. The highest BCUT2D eigenvalue weighted by molar-refractivity contribution is 5.74. The number of hydrogen-bond acceptors (Lipinski definition) is 6. The number of pyridine rings is 1. The topological polar surface area (TPSA) is 98.4 Å². The van der Waals surface area contributed by atoms with Gasteiger partial charge < -0.3 is 15.2 Å². The van der Waals surface area contributed by atoms with Crippen LogP contribution in [-0.4, -0.2) is 37.2 Å². The number of nitrogens with one attached hydrogen (secondary N) is 3. The summed E-state index contributed by atoms with van der Waals surface area (Å²) >= 11 is 0. The van der Waals surface area contributed by atoms with E-state index >= 15 is 0 Å². The van der Waals surface area contributed by atoms with Crippen LogP contribution in [0.25, 0.3) is 11.0 Å². The molecule has 8 heteroatoms. The van der Waals surface area contributed by atoms with Crippen LogP contribution in [0, 0.1) is 0 Å². The van der Waals surface area contributed by atoms with Gasteiger partial charge in [-0.1, -0.05) is 0 Å². The molecule has 0 amide bonds. The van der Waals surface area contributed by atoms with Crippen LogP contribution in [-0.2, 0) is 0 Å². The number of rotatable bonds is 6. The van der Waals surface area contributed by atoms with E-state index in [0.717, 1.165) is 22.5 Å². The van der Waals surface area contributed by atoms with E-state index in [0.29, 0.717) is 17.7 Å². The number of hydrogen-bond donors (Lipinski definition) is 3. The summed E-state index contributed by atoms with van der Waals surface area (Å²) < 4.78 is 0. The fourth-order valence-corrected chi connectivity index (χ4v) is 3.28. The second kappa shape index (κ2) is 6.63. The van der Waals surface area contributed by atoms with Gasteiger partial charge in [-0.25, -0.2) is 9.97 Å². The molecule has 0 aliphatic heterocycles. The average molecular weight is 374 g/mol. The van der Waals surface area contributed by atoms with Crippen molar-refractivity contribution in [2.45, 2.75) is 31.7 Å². The van der Waals surface area contributed by atoms with Crippen LogP contribution in [0.3, 0.4) is 0 Å². The standard InChI is InChI=1S/C20H22N8/c1-12(14-5-6-15-16(23-14)7-9-21-15)28(2)20-22-10-8-18(25-20)24-19-11-17(26-27-19)13-3-4-13/h5-13,21H,3-4H2,1-2H3,(H2,22,24,25,26,27)/t12-/m1/s1. The summed E-state index contributed by atoms with van der Waals surface area (Å²) in [6.45, 7) is 2.10. The molecule has 0 spiro atoms. The molecule has 4 aromatic heterocycles. The van der Waals surface area contributed by atoms with Crippen molar-refractivity contribution in [2.75, 3.05) is 17.3 Å². The summed E-state index contributed by atoms with van der Waals surface area (Å²) in [5.41, 5.74) is 4.15. The van der Waals surface area contributed by atoms with Crippen molar-refractivity contribution in [1.82, 2.24) is 30.1 Å². The predicted octanol–water partition coefficient (Wildman–Crippen LogP) is 3.89. The minimum atomic E-state index is 0.0291. The molecule has 0 bridgehead atoms. The van der Waals surface area contributed by atoms with E-state index in [1.807, 2.05) is 36.3 Å². The Bertz CT molecular complexity index is 1110. The van der Waals surface area contributed by atoms with Crippen molar-refractivity contribution in [1.29, 1.82) is 0 Å². The maximum atomic E-state index is 4.74. The van der Waals surface area contributed by atoms with E-state index in [9.17, 15) is 0 Å². The van der Waals surface area contributed by atoms with Crippen molar-refractivity contribution in [3.8, 4) is 0 Å². The summed E-state index contributed by atoms with van der Waals surface area (Å²) in [5.74, 6) is 2.76. The van der Waals surface area contributed by atoms with Crippen molar-refractivity contribution >= 4 is 28.6 Å². The average Bonchev–Trinajstić information content (AvgIpc) is 3.28. The highest BCUT2D eigenvalue weighted by Crippen LogP contribution is 2.39. The molecular formula is C20H22N8. The largest absolute Gasteiger partial charge is 0.360 e. The van der Waals surface area contributed by atoms with Gasteiger partial charge in [0.1, 0.15) is 5.82 Å². The van der Waals surface area contributed by atoms with Crippen LogP contribution in [0.15, 0.2) is 42.7 Å². The monoisotopic (exact) mass is 374 g/mol. The van der Waals surface area contributed by atoms with Gasteiger partial charge in [-0.05, 0) is 44.0 Å². The second-order valence-corrected chi connectivity index (χ2v) is 7.28. The first-order chi connectivity index (χ1) is 13.7. The molecule has 4 aromatic rings. The minimum Gasteiger partial charge on any atom is -0.360 e. The molecule has 28 heavy (non-hydrogen) atoms. The molecular weight excluding hydrogens is 352 g/mol. The Morgan fingerprint density at radius 2 is 2.04 bits per heavy atom. The minimum absolute atomic E-state index is 0.0291. The molecule has 1 aliphatic carbocycles. The van der Waals surface area contributed by atoms with E-state index in [2.05, 4.69) is 49.5 Å². The number of H-pyrrole nitrogens is 2. The van der Waals surface area contributed by atoms with Gasteiger partial charge in [0.2, 0.25) is 5.95 Å². The van der Waals surface area contributed by atoms with Crippen LogP contribution >= 0.6 is 0 Å². The van der Waals surface area contributed by atoms with Gasteiger partial charge in [0.15, 0.2) is 5.82 Å². The Morgan fingerprint density at radius 3 is 2.89 bits per heavy atom. The number of anilines is 3. The lowest BCUT2D eigenvalue weighted by atomic mass is 10.2. The maximum absolute atomic E-state index is 4.74. The second-order valence-electron chi connectivity index (χ2n) is 7.28. The highest BCUT2D eigenvalue weighted by Gasteiger charge is 2.25. The van der Waals surface area contributed by atoms with Gasteiger partial charge in [-0.2, -0.15) is 10.1 Å². The Kier molecular flexibility index (Phi) is 3.96. The molecule has 0 saturated heterocycles. The molecule has 5 rings (SSSR count). The molecule has 142 valence electrons. The fourth-order valence-electron chi connectivity index (χ4n) is 3.28. The summed E-state index contributed by atoms with van der Waals surface area (Å²) in [6.07, 6.45) is 6.14. The molecule has 1 fully saturated rings. The molecule has 4 heterocycles. The van der Waals surface area contributed by atoms with Gasteiger partial charge in [-0.15, -0.1) is 0 Å². The lowest BCUT2D eigenvalue weighted by molar-refractivity contribution is 0.697. The molecule has 0 aromatic carbocycles. The zero-order valence-corrected chi connectivity index (χ0v) is 15.8. The van der Waals surface area contributed by atoms with Gasteiger partial charge in [0.05, 0.1) is 22.8 Å². The zero-order valence-electron chi connectivity index (χ0n) is 15.8. The molecule has 0 unspecified atom stereocenters. The highest BCUT2D eigenvalue weighted by atomic mass is 15.3. The molecule has 1 saturated carbocycles. The summed E-state index contributed by atoms with van der Waals surface area (Å²) in [4.78, 5) is 19.0. The van der Waals surface area contributed by atoms with Crippen molar-refractivity contribution < 1.29 is 0 Å². The van der Waals surface area contributed by atoms with Crippen LogP contribution in [0.2, 0.25) is 0 Å². The first-order valence-electron chi connectivity index (χ1n) is 9.49. The van der Waals surface area contributed by atoms with Crippen LogP contribution in [0.1, 0.15) is 43.1 Å². The molecule has 8 nitrogen and oxygen atoms in total. The lowest BCUT2D eigenvalue weighted by Crippen LogP contribution is -2.24. The summed E-state index contributed by atoms with van der Waals surface area (Å²) in [7, 11) is 1.98. The molecule has 1 aliphatic rings. The number of nitrogens with zero attached hydrogens (tertiary/aromatic N) is 5. The quantitative estimate of drug-likeness (QED) is 0.473. The third-order valence-electron chi connectivity index (χ3n) is 5.26. The van der Waals surface area contributed by atoms with Gasteiger partial charge >= 0.3 is 0 Å². The predicted molar refractivity (Wildman–Crippen MR) is 109 cm³/mol. The smallest absolute Gasteiger partial charge is 0.227 e. The third kappa shape index (κ3) is 3.17. The molecule has 1 atom stereocenters. The Hall–Kier alpha value is -3.42. The summed E-state index contributed by atoms with van der Waals surface area (Å²) in [6, 6.07) is 9.99. The van der Waals surface area contributed by atoms with Gasteiger partial charge in [-0.3, -0.25) is 5.10 Å². The summed E-state index contributed by atoms with van der Waals surface area (Å²) in [5, 5.41) is 10.7. The number of aromatic nitrogens is 6. The van der Waals surface area contributed by atoms with Crippen LogP contribution in [0.4, 0.5) is 17.6 Å². The number of fused-ring (bicyclic) bond motifs is 1. The Labute approximate surface area is 162 Å². The van der Waals surface area contributed by atoms with Gasteiger partial charge in [0, 0.05) is 37.1 Å². The SMILES string of the molecule is C[C@H](c1ccc2[nH]ccc2n1)N(C)c1nccc(Nc2cc(C3CC3)[nH]n2)n1. The first kappa shape index (κ1) is 16.7. The van der Waals surface area contributed by atoms with Crippen molar-refractivity contribution in [2.24, 2.45) is 0 Å². The van der Waals surface area contributed by atoms with Gasteiger partial charge in [0.25, 0.3) is 0 Å². The maximum Gasteiger partial charge on any atom is 0.227 e. The third-order valence-corrected chi connectivity index (χ3v) is 5.26. The van der Waals surface area contributed by atoms with E-state index in [1.165, 1.54) is 18.5 Å². The molecule has 3 N–H and O–H groups in total. The zero-order chi connectivity index (χ0) is 19.1. The van der Waals surface area contributed by atoms with Crippen molar-refractivity contribution in [3.05, 3.63) is 54.1 Å². The Morgan fingerprint density at radius 1 is 1.14 bits per heavy atom. The lowest BCUT2D eigenvalue weighted by Gasteiger charge is -2.24. The number of aromatic amines is 2.